The van der Waals surface area contributed by atoms with Gasteiger partial charge in [-0.3, -0.25) is 4.79 Å². The van der Waals surface area contributed by atoms with Crippen molar-refractivity contribution in [3.05, 3.63) is 35.9 Å². The number of carboxylic acids is 1. The van der Waals surface area contributed by atoms with Gasteiger partial charge in [-0.25, -0.2) is 4.79 Å². The van der Waals surface area contributed by atoms with Crippen LogP contribution in [0.5, 0.6) is 0 Å². The molecule has 1 saturated heterocycles. The summed E-state index contributed by atoms with van der Waals surface area (Å²) in [6.45, 7) is 0. The van der Waals surface area contributed by atoms with Gasteiger partial charge in [-0.15, -0.1) is 12.3 Å². The summed E-state index contributed by atoms with van der Waals surface area (Å²) in [5, 5.41) is 11.7. The van der Waals surface area contributed by atoms with E-state index in [4.69, 9.17) is 16.3 Å². The molecule has 1 aromatic rings. The zero-order valence-corrected chi connectivity index (χ0v) is 11.5. The van der Waals surface area contributed by atoms with E-state index < -0.39 is 18.2 Å². The van der Waals surface area contributed by atoms with Gasteiger partial charge in [0.1, 0.15) is 6.10 Å². The van der Waals surface area contributed by atoms with Crippen LogP contribution in [0.2, 0.25) is 0 Å². The Hall–Kier alpha value is -2.32. The minimum atomic E-state index is -1.03. The summed E-state index contributed by atoms with van der Waals surface area (Å²) in [6, 6.07) is 9.11. The average molecular weight is 287 g/mol. The zero-order valence-electron chi connectivity index (χ0n) is 11.5. The summed E-state index contributed by atoms with van der Waals surface area (Å²) in [7, 11) is 0. The number of terminal acetylenes is 1. The summed E-state index contributed by atoms with van der Waals surface area (Å²) >= 11 is 0. The summed E-state index contributed by atoms with van der Waals surface area (Å²) in [6.07, 6.45) is 4.84. The predicted octanol–water partition coefficient (Wildman–Crippen LogP) is 1.50. The lowest BCUT2D eigenvalue weighted by Gasteiger charge is -2.19. The number of nitrogens with one attached hydrogen (secondary N) is 1. The number of hydrogen-bond donors (Lipinski definition) is 2. The highest BCUT2D eigenvalue weighted by atomic mass is 16.5. The van der Waals surface area contributed by atoms with E-state index >= 15 is 0 Å². The predicted molar refractivity (Wildman–Crippen MR) is 76.3 cm³/mol. The van der Waals surface area contributed by atoms with E-state index in [-0.39, 0.29) is 11.9 Å². The van der Waals surface area contributed by atoms with Gasteiger partial charge in [0.2, 0.25) is 5.91 Å². The molecule has 1 heterocycles. The number of ether oxygens (including phenoxy) is 1. The number of amides is 1. The number of rotatable bonds is 5. The first-order chi connectivity index (χ1) is 10.1. The number of benzene rings is 1. The highest BCUT2D eigenvalue weighted by molar-refractivity contribution is 5.83. The van der Waals surface area contributed by atoms with Crippen molar-refractivity contribution in [3.63, 3.8) is 0 Å². The van der Waals surface area contributed by atoms with E-state index in [2.05, 4.69) is 11.2 Å². The van der Waals surface area contributed by atoms with Crippen molar-refractivity contribution in [2.24, 2.45) is 0 Å². The number of carbonyl (C=O) groups excluding carboxylic acids is 1. The molecule has 0 spiro atoms. The molecule has 21 heavy (non-hydrogen) atoms. The second-order valence-electron chi connectivity index (χ2n) is 4.91. The van der Waals surface area contributed by atoms with Gasteiger partial charge in [-0.2, -0.15) is 0 Å². The van der Waals surface area contributed by atoms with E-state index in [1.54, 1.807) is 0 Å². The molecule has 5 nitrogen and oxygen atoms in total. The minimum absolute atomic E-state index is 0.295. The summed E-state index contributed by atoms with van der Waals surface area (Å²) in [4.78, 5) is 23.0. The molecule has 1 aliphatic rings. The van der Waals surface area contributed by atoms with Crippen molar-refractivity contribution in [2.45, 2.75) is 37.5 Å². The van der Waals surface area contributed by atoms with Crippen LogP contribution in [0.3, 0.4) is 0 Å². The maximum absolute atomic E-state index is 12.2. The van der Waals surface area contributed by atoms with Gasteiger partial charge in [0.15, 0.2) is 6.10 Å². The van der Waals surface area contributed by atoms with Crippen molar-refractivity contribution in [1.29, 1.82) is 0 Å². The number of aliphatic carboxylic acids is 1. The Labute approximate surface area is 123 Å². The van der Waals surface area contributed by atoms with Gasteiger partial charge >= 0.3 is 5.97 Å². The molecule has 1 aliphatic heterocycles. The first-order valence-electron chi connectivity index (χ1n) is 6.79. The molecule has 0 aliphatic carbocycles. The van der Waals surface area contributed by atoms with Gasteiger partial charge in [0.05, 0.1) is 6.04 Å². The van der Waals surface area contributed by atoms with Gasteiger partial charge < -0.3 is 15.2 Å². The molecule has 5 heteroatoms. The Kier molecular flexibility index (Phi) is 4.96. The van der Waals surface area contributed by atoms with Gasteiger partial charge in [-0.05, 0) is 18.4 Å². The van der Waals surface area contributed by atoms with Gasteiger partial charge in [0, 0.05) is 6.42 Å². The lowest BCUT2D eigenvalue weighted by molar-refractivity contribution is -0.151. The largest absolute Gasteiger partial charge is 0.479 e. The molecule has 1 fully saturated rings. The van der Waals surface area contributed by atoms with Crippen LogP contribution in [-0.4, -0.2) is 29.2 Å². The molecule has 1 unspecified atom stereocenters. The van der Waals surface area contributed by atoms with Crippen LogP contribution < -0.4 is 5.32 Å². The maximum atomic E-state index is 12.2. The van der Waals surface area contributed by atoms with Crippen LogP contribution in [0.25, 0.3) is 0 Å². The van der Waals surface area contributed by atoms with Gasteiger partial charge in [-0.1, -0.05) is 30.3 Å². The highest BCUT2D eigenvalue weighted by Gasteiger charge is 2.35. The Balaban J connectivity index is 2.00. The molecule has 1 amide bonds. The summed E-state index contributed by atoms with van der Waals surface area (Å²) in [5.74, 6) is 1.19. The highest BCUT2D eigenvalue weighted by Crippen LogP contribution is 2.22. The Morgan fingerprint density at radius 3 is 2.57 bits per heavy atom. The van der Waals surface area contributed by atoms with Crippen LogP contribution in [0.15, 0.2) is 30.3 Å². The Morgan fingerprint density at radius 1 is 1.33 bits per heavy atom. The first-order valence-corrected chi connectivity index (χ1v) is 6.79. The topological polar surface area (TPSA) is 75.6 Å². The third-order valence-electron chi connectivity index (χ3n) is 3.43. The molecule has 1 aromatic carbocycles. The van der Waals surface area contributed by atoms with Crippen LogP contribution in [0, 0.1) is 12.3 Å². The normalized spacial score (nSPS) is 22.2. The zero-order chi connectivity index (χ0) is 15.2. The molecule has 2 rings (SSSR count). The molecule has 110 valence electrons. The molecule has 2 N–H and O–H groups in total. The fraction of sp³-hybridized carbons (Fsp3) is 0.375. The number of carbonyl (C=O) groups is 2. The van der Waals surface area contributed by atoms with Crippen molar-refractivity contribution >= 4 is 11.9 Å². The minimum Gasteiger partial charge on any atom is -0.479 e. The standard InChI is InChI=1S/C16H17NO4/c1-2-6-12(11-7-4-3-5-8-11)17-15(18)13-9-10-14(21-13)16(19)20/h1,3-5,7-8,12-14H,6,9-10H2,(H,17,18)(H,19,20)/t12?,13-,14+/m0/s1. The second-order valence-corrected chi connectivity index (χ2v) is 4.91. The monoisotopic (exact) mass is 287 g/mol. The molecule has 0 aromatic heterocycles. The fourth-order valence-electron chi connectivity index (χ4n) is 2.33. The van der Waals surface area contributed by atoms with E-state index in [1.807, 2.05) is 30.3 Å². The first kappa shape index (κ1) is 15.1. The number of carboxylic acid groups (broad SMARTS) is 1. The van der Waals surface area contributed by atoms with Gasteiger partial charge in [0.25, 0.3) is 0 Å². The van der Waals surface area contributed by atoms with Crippen LogP contribution in [-0.2, 0) is 14.3 Å². The van der Waals surface area contributed by atoms with Crippen LogP contribution in [0.4, 0.5) is 0 Å². The average Bonchev–Trinajstić information content (AvgIpc) is 2.98. The third kappa shape index (κ3) is 3.83. The molecule has 3 atom stereocenters. The lowest BCUT2D eigenvalue weighted by Crippen LogP contribution is -2.37. The van der Waals surface area contributed by atoms with Crippen LogP contribution >= 0.6 is 0 Å². The van der Waals surface area contributed by atoms with Crippen molar-refractivity contribution in [3.8, 4) is 12.3 Å². The van der Waals surface area contributed by atoms with E-state index in [0.717, 1.165) is 5.56 Å². The summed E-state index contributed by atoms with van der Waals surface area (Å²) < 4.78 is 5.24. The summed E-state index contributed by atoms with van der Waals surface area (Å²) in [5.41, 5.74) is 0.914. The number of hydrogen-bond acceptors (Lipinski definition) is 3. The van der Waals surface area contributed by atoms with E-state index in [1.165, 1.54) is 0 Å². The Bertz CT molecular complexity index is 549. The van der Waals surface area contributed by atoms with E-state index in [0.29, 0.717) is 19.3 Å². The smallest absolute Gasteiger partial charge is 0.332 e. The fourth-order valence-corrected chi connectivity index (χ4v) is 2.33. The lowest BCUT2D eigenvalue weighted by atomic mass is 10.0. The SMILES string of the molecule is C#CCC(NC(=O)[C@@H]1CC[C@H](C(=O)O)O1)c1ccccc1. The third-order valence-corrected chi connectivity index (χ3v) is 3.43. The maximum Gasteiger partial charge on any atom is 0.332 e. The second kappa shape index (κ2) is 6.91. The van der Waals surface area contributed by atoms with Crippen molar-refractivity contribution in [2.75, 3.05) is 0 Å². The molecule has 0 radical (unpaired) electrons. The van der Waals surface area contributed by atoms with Crippen molar-refractivity contribution < 1.29 is 19.4 Å². The van der Waals surface area contributed by atoms with Crippen LogP contribution in [0.1, 0.15) is 30.9 Å². The molecular formula is C16H17NO4. The molecule has 0 saturated carbocycles. The quantitative estimate of drug-likeness (QED) is 0.805. The Morgan fingerprint density at radius 2 is 2.00 bits per heavy atom. The van der Waals surface area contributed by atoms with Crippen molar-refractivity contribution in [1.82, 2.24) is 5.32 Å². The molecular weight excluding hydrogens is 270 g/mol. The van der Waals surface area contributed by atoms with E-state index in [9.17, 15) is 9.59 Å². The molecule has 0 bridgehead atoms.